The standard InChI is InChI=1S/C23H21Cl3F3N5O5/c24-13-6-4-12(5-7-13)20-32-34(22(38)33(20)10-17(35)23(27,28)29)11-18(36)31-16(8-9-39-21(30)37)14-2-1-3-15(25)19(14)26/h1-7,16-17,35H,8-11H2,(H2,30,37)(H,31,36)/t16?,17-/m0/s1. The molecule has 0 saturated heterocycles. The molecule has 3 rings (SSSR count). The molecule has 16 heteroatoms. The first-order valence-electron chi connectivity index (χ1n) is 11.1. The van der Waals surface area contributed by atoms with Crippen LogP contribution >= 0.6 is 34.8 Å². The van der Waals surface area contributed by atoms with Crippen LogP contribution in [0.2, 0.25) is 15.1 Å². The Balaban J connectivity index is 1.92. The van der Waals surface area contributed by atoms with Crippen LogP contribution in [0.5, 0.6) is 0 Å². The molecular formula is C23H21Cl3F3N5O5. The van der Waals surface area contributed by atoms with Crippen molar-refractivity contribution in [2.45, 2.75) is 37.8 Å². The van der Waals surface area contributed by atoms with Crippen LogP contribution in [-0.4, -0.2) is 50.3 Å². The molecule has 0 saturated carbocycles. The number of alkyl halides is 3. The molecule has 4 N–H and O–H groups in total. The molecule has 0 aliphatic heterocycles. The Morgan fingerprint density at radius 1 is 1.13 bits per heavy atom. The Hall–Kier alpha value is -3.26. The van der Waals surface area contributed by atoms with Crippen molar-refractivity contribution in [3.63, 3.8) is 0 Å². The summed E-state index contributed by atoms with van der Waals surface area (Å²) in [5.41, 5.74) is 4.50. The summed E-state index contributed by atoms with van der Waals surface area (Å²) in [4.78, 5) is 36.9. The first kappa shape index (κ1) is 30.3. The normalized spacial score (nSPS) is 13.1. The van der Waals surface area contributed by atoms with Crippen LogP contribution < -0.4 is 16.7 Å². The van der Waals surface area contributed by atoms with Gasteiger partial charge < -0.3 is 20.9 Å². The third-order valence-corrected chi connectivity index (χ3v) is 6.48. The molecule has 0 fully saturated rings. The lowest BCUT2D eigenvalue weighted by atomic mass is 10.0. The molecule has 1 unspecified atom stereocenters. The van der Waals surface area contributed by atoms with E-state index < -0.39 is 49.1 Å². The summed E-state index contributed by atoms with van der Waals surface area (Å²) in [6.07, 6.45) is -8.89. The monoisotopic (exact) mass is 609 g/mol. The molecule has 0 aliphatic rings. The zero-order valence-electron chi connectivity index (χ0n) is 19.8. The second-order valence-electron chi connectivity index (χ2n) is 8.16. The molecule has 10 nitrogen and oxygen atoms in total. The Bertz CT molecular complexity index is 1400. The van der Waals surface area contributed by atoms with Crippen LogP contribution in [0.15, 0.2) is 47.3 Å². The van der Waals surface area contributed by atoms with E-state index >= 15 is 0 Å². The molecule has 2 atom stereocenters. The number of carbonyl (C=O) groups excluding carboxylic acids is 2. The molecule has 0 aliphatic carbocycles. The molecular weight excluding hydrogens is 590 g/mol. The topological polar surface area (TPSA) is 141 Å². The number of aliphatic hydroxyl groups is 1. The summed E-state index contributed by atoms with van der Waals surface area (Å²) < 4.78 is 45.2. The number of aromatic nitrogens is 3. The van der Waals surface area contributed by atoms with Gasteiger partial charge in [-0.3, -0.25) is 9.36 Å². The number of hydrogen-bond donors (Lipinski definition) is 3. The van der Waals surface area contributed by atoms with Crippen molar-refractivity contribution in [2.24, 2.45) is 5.73 Å². The van der Waals surface area contributed by atoms with Crippen molar-refractivity contribution in [3.05, 3.63) is 73.6 Å². The van der Waals surface area contributed by atoms with E-state index in [0.717, 1.165) is 0 Å². The highest BCUT2D eigenvalue weighted by Crippen LogP contribution is 2.31. The zero-order chi connectivity index (χ0) is 28.9. The SMILES string of the molecule is NC(=O)OCCC(NC(=O)Cn1nc(-c2ccc(Cl)cc2)n(C[C@H](O)C(F)(F)F)c1=O)c1cccc(Cl)c1Cl. The number of rotatable bonds is 10. The molecule has 210 valence electrons. The first-order valence-corrected chi connectivity index (χ1v) is 12.2. The lowest BCUT2D eigenvalue weighted by Gasteiger charge is -2.20. The number of ether oxygens (including phenoxy) is 1. The molecule has 2 aromatic carbocycles. The van der Waals surface area contributed by atoms with Crippen LogP contribution in [0.25, 0.3) is 11.4 Å². The Morgan fingerprint density at radius 2 is 1.79 bits per heavy atom. The van der Waals surface area contributed by atoms with E-state index in [9.17, 15) is 32.7 Å². The average molecular weight is 611 g/mol. The fraction of sp³-hybridized carbons (Fsp3) is 0.304. The van der Waals surface area contributed by atoms with E-state index in [1.54, 1.807) is 12.1 Å². The van der Waals surface area contributed by atoms with E-state index in [4.69, 9.17) is 45.3 Å². The Morgan fingerprint density at radius 3 is 2.41 bits per heavy atom. The third kappa shape index (κ3) is 7.88. The van der Waals surface area contributed by atoms with E-state index in [0.29, 0.717) is 19.8 Å². The summed E-state index contributed by atoms with van der Waals surface area (Å²) in [5, 5.41) is 16.9. The number of nitrogens with two attached hydrogens (primary N) is 1. The average Bonchev–Trinajstić information content (AvgIpc) is 3.14. The summed E-state index contributed by atoms with van der Waals surface area (Å²) >= 11 is 18.2. The molecule has 0 spiro atoms. The second kappa shape index (κ2) is 12.7. The van der Waals surface area contributed by atoms with Gasteiger partial charge in [0, 0.05) is 17.0 Å². The van der Waals surface area contributed by atoms with E-state index in [-0.39, 0.29) is 34.5 Å². The van der Waals surface area contributed by atoms with Crippen molar-refractivity contribution in [2.75, 3.05) is 6.61 Å². The maximum absolute atomic E-state index is 13.1. The van der Waals surface area contributed by atoms with Crippen LogP contribution in [0.4, 0.5) is 18.0 Å². The number of halogens is 6. The Labute approximate surface area is 234 Å². The third-order valence-electron chi connectivity index (χ3n) is 5.39. The summed E-state index contributed by atoms with van der Waals surface area (Å²) in [5.74, 6) is -1.00. The lowest BCUT2D eigenvalue weighted by Crippen LogP contribution is -2.39. The fourth-order valence-electron chi connectivity index (χ4n) is 3.55. The first-order chi connectivity index (χ1) is 18.3. The fourth-order valence-corrected chi connectivity index (χ4v) is 4.11. The highest BCUT2D eigenvalue weighted by atomic mass is 35.5. The van der Waals surface area contributed by atoms with Gasteiger partial charge in [0.05, 0.1) is 29.2 Å². The number of amides is 2. The van der Waals surface area contributed by atoms with Gasteiger partial charge in [-0.15, -0.1) is 5.10 Å². The minimum Gasteiger partial charge on any atom is -0.450 e. The van der Waals surface area contributed by atoms with Gasteiger partial charge in [-0.1, -0.05) is 46.9 Å². The molecule has 2 amide bonds. The predicted octanol–water partition coefficient (Wildman–Crippen LogP) is 3.94. The molecule has 1 aromatic heterocycles. The van der Waals surface area contributed by atoms with Crippen molar-refractivity contribution in [3.8, 4) is 11.4 Å². The molecule has 39 heavy (non-hydrogen) atoms. The van der Waals surface area contributed by atoms with Gasteiger partial charge in [0.25, 0.3) is 0 Å². The summed E-state index contributed by atoms with van der Waals surface area (Å²) in [6, 6.07) is 9.52. The van der Waals surface area contributed by atoms with E-state index in [1.165, 1.54) is 30.3 Å². The number of hydrogen-bond acceptors (Lipinski definition) is 6. The van der Waals surface area contributed by atoms with Crippen molar-refractivity contribution in [1.82, 2.24) is 19.7 Å². The smallest absolute Gasteiger partial charge is 0.416 e. The maximum Gasteiger partial charge on any atom is 0.416 e. The van der Waals surface area contributed by atoms with Gasteiger partial charge in [0.1, 0.15) is 6.54 Å². The number of benzene rings is 2. The zero-order valence-corrected chi connectivity index (χ0v) is 22.1. The lowest BCUT2D eigenvalue weighted by molar-refractivity contribution is -0.207. The summed E-state index contributed by atoms with van der Waals surface area (Å²) in [7, 11) is 0. The number of primary amides is 1. The van der Waals surface area contributed by atoms with Crippen LogP contribution in [0, 0.1) is 0 Å². The van der Waals surface area contributed by atoms with Crippen LogP contribution in [0.1, 0.15) is 18.0 Å². The van der Waals surface area contributed by atoms with E-state index in [1.807, 2.05) is 0 Å². The molecule has 3 aromatic rings. The van der Waals surface area contributed by atoms with Gasteiger partial charge in [0.2, 0.25) is 5.91 Å². The maximum atomic E-state index is 13.1. The Kier molecular flexibility index (Phi) is 9.88. The van der Waals surface area contributed by atoms with Gasteiger partial charge in [0.15, 0.2) is 11.9 Å². The molecule has 0 bridgehead atoms. The van der Waals surface area contributed by atoms with Crippen LogP contribution in [0.3, 0.4) is 0 Å². The number of nitrogens with zero attached hydrogens (tertiary/aromatic N) is 3. The predicted molar refractivity (Wildman–Crippen MR) is 136 cm³/mol. The quantitative estimate of drug-likeness (QED) is 0.318. The molecule has 0 radical (unpaired) electrons. The van der Waals surface area contributed by atoms with Gasteiger partial charge in [-0.2, -0.15) is 13.2 Å². The highest BCUT2D eigenvalue weighted by molar-refractivity contribution is 6.42. The van der Waals surface area contributed by atoms with Crippen molar-refractivity contribution < 1.29 is 32.6 Å². The van der Waals surface area contributed by atoms with E-state index in [2.05, 4.69) is 10.4 Å². The largest absolute Gasteiger partial charge is 0.450 e. The van der Waals surface area contributed by atoms with Gasteiger partial charge in [-0.05, 0) is 35.9 Å². The number of aliphatic hydroxyl groups excluding tert-OH is 1. The molecule has 1 heterocycles. The minimum atomic E-state index is -5.01. The number of carbonyl (C=O) groups is 2. The highest BCUT2D eigenvalue weighted by Gasteiger charge is 2.39. The number of nitrogens with one attached hydrogen (secondary N) is 1. The van der Waals surface area contributed by atoms with Crippen molar-refractivity contribution >= 4 is 46.8 Å². The minimum absolute atomic E-state index is 0.0197. The summed E-state index contributed by atoms with van der Waals surface area (Å²) in [6.45, 7) is -2.07. The van der Waals surface area contributed by atoms with Gasteiger partial charge >= 0.3 is 18.0 Å². The van der Waals surface area contributed by atoms with Crippen LogP contribution in [-0.2, 0) is 22.6 Å². The van der Waals surface area contributed by atoms with Gasteiger partial charge in [-0.25, -0.2) is 14.3 Å². The second-order valence-corrected chi connectivity index (χ2v) is 9.38. The van der Waals surface area contributed by atoms with Crippen molar-refractivity contribution in [1.29, 1.82) is 0 Å².